The fraction of sp³-hybridized carbons (Fsp3) is 0.222. The molecule has 2 aromatic rings. The number of nitrogens with zero attached hydrogens (tertiary/aromatic N) is 5. The Morgan fingerprint density at radius 2 is 2.19 bits per heavy atom. The number of aryl methyl sites for hydroxylation is 1. The predicted molar refractivity (Wildman–Crippen MR) is 96.8 cm³/mol. The highest BCUT2D eigenvalue weighted by molar-refractivity contribution is 5.95. The van der Waals surface area contributed by atoms with Crippen LogP contribution in [0.2, 0.25) is 0 Å². The largest absolute Gasteiger partial charge is 0.394 e. The number of amides is 1. The molecule has 0 fully saturated rings. The molecular formula is C18H19FN6O. The Kier molecular flexibility index (Phi) is 4.92. The first kappa shape index (κ1) is 17.5. The molecule has 134 valence electrons. The number of hydrogen-bond donors (Lipinski definition) is 1. The van der Waals surface area contributed by atoms with Crippen LogP contribution in [-0.4, -0.2) is 38.3 Å². The van der Waals surface area contributed by atoms with E-state index in [2.05, 4.69) is 21.8 Å². The van der Waals surface area contributed by atoms with Crippen molar-refractivity contribution in [2.45, 2.75) is 20.0 Å². The van der Waals surface area contributed by atoms with Gasteiger partial charge in [0.05, 0.1) is 18.4 Å². The molecule has 3 rings (SSSR count). The fourth-order valence-corrected chi connectivity index (χ4v) is 2.82. The fourth-order valence-electron chi connectivity index (χ4n) is 2.82. The van der Waals surface area contributed by atoms with Crippen LogP contribution in [0.15, 0.2) is 42.0 Å². The number of carbonyl (C=O) groups is 1. The Balaban J connectivity index is 1.80. The second-order valence-electron chi connectivity index (χ2n) is 5.90. The number of nitrogens with two attached hydrogens (primary N) is 1. The maximum Gasteiger partial charge on any atom is 0.254 e. The molecule has 0 radical (unpaired) electrons. The lowest BCUT2D eigenvalue weighted by molar-refractivity contribution is 0.0706. The molecule has 1 aromatic carbocycles. The van der Waals surface area contributed by atoms with E-state index in [1.165, 1.54) is 30.6 Å². The average Bonchev–Trinajstić information content (AvgIpc) is 3.04. The van der Waals surface area contributed by atoms with Crippen LogP contribution in [0.1, 0.15) is 27.6 Å². The first-order chi connectivity index (χ1) is 12.5. The highest BCUT2D eigenvalue weighted by atomic mass is 19.1. The summed E-state index contributed by atoms with van der Waals surface area (Å²) in [5.74, 6) is 0.649. The van der Waals surface area contributed by atoms with E-state index in [0.29, 0.717) is 48.1 Å². The number of allylic oxidation sites excluding steroid dienone is 1. The Bertz CT molecular complexity index is 914. The SMILES string of the molecule is C=CC=N/C=C(\N)c1nnc2n1CCN(C(=O)c1ccc(F)cc1C)C2. The third kappa shape index (κ3) is 3.39. The van der Waals surface area contributed by atoms with Gasteiger partial charge in [-0.2, -0.15) is 0 Å². The predicted octanol–water partition coefficient (Wildman–Crippen LogP) is 1.90. The molecular weight excluding hydrogens is 335 g/mol. The molecule has 8 heteroatoms. The Morgan fingerprint density at radius 3 is 2.92 bits per heavy atom. The number of halogens is 1. The third-order valence-corrected chi connectivity index (χ3v) is 4.12. The van der Waals surface area contributed by atoms with Gasteiger partial charge in [-0.05, 0) is 30.7 Å². The molecule has 26 heavy (non-hydrogen) atoms. The zero-order valence-corrected chi connectivity index (χ0v) is 14.4. The second-order valence-corrected chi connectivity index (χ2v) is 5.90. The summed E-state index contributed by atoms with van der Waals surface area (Å²) in [6, 6.07) is 4.16. The van der Waals surface area contributed by atoms with Gasteiger partial charge in [-0.1, -0.05) is 12.7 Å². The number of carbonyl (C=O) groups excluding carboxylic acids is 1. The van der Waals surface area contributed by atoms with Gasteiger partial charge in [0.25, 0.3) is 5.91 Å². The monoisotopic (exact) mass is 354 g/mol. The van der Waals surface area contributed by atoms with E-state index in [9.17, 15) is 9.18 Å². The summed E-state index contributed by atoms with van der Waals surface area (Å²) in [5, 5.41) is 8.24. The lowest BCUT2D eigenvalue weighted by atomic mass is 10.1. The number of hydrogen-bond acceptors (Lipinski definition) is 5. The molecule has 2 N–H and O–H groups in total. The zero-order chi connectivity index (χ0) is 18.7. The van der Waals surface area contributed by atoms with Crippen molar-refractivity contribution < 1.29 is 9.18 Å². The molecule has 2 heterocycles. The number of fused-ring (bicyclic) bond motifs is 1. The maximum absolute atomic E-state index is 13.3. The minimum atomic E-state index is -0.358. The topological polar surface area (TPSA) is 89.4 Å². The molecule has 1 aromatic heterocycles. The highest BCUT2D eigenvalue weighted by Gasteiger charge is 2.26. The minimum Gasteiger partial charge on any atom is -0.394 e. The van der Waals surface area contributed by atoms with Crippen LogP contribution in [0.5, 0.6) is 0 Å². The summed E-state index contributed by atoms with van der Waals surface area (Å²) >= 11 is 0. The van der Waals surface area contributed by atoms with Crippen LogP contribution in [0.3, 0.4) is 0 Å². The molecule has 7 nitrogen and oxygen atoms in total. The molecule has 0 spiro atoms. The summed E-state index contributed by atoms with van der Waals surface area (Å²) in [5.41, 5.74) is 7.47. The van der Waals surface area contributed by atoms with Gasteiger partial charge in [-0.25, -0.2) is 4.39 Å². The summed E-state index contributed by atoms with van der Waals surface area (Å²) in [6.45, 7) is 6.57. The first-order valence-corrected chi connectivity index (χ1v) is 8.09. The van der Waals surface area contributed by atoms with Gasteiger partial charge in [-0.15, -0.1) is 10.2 Å². The molecule has 0 saturated heterocycles. The second kappa shape index (κ2) is 7.30. The van der Waals surface area contributed by atoms with E-state index >= 15 is 0 Å². The molecule has 1 amide bonds. The van der Waals surface area contributed by atoms with Gasteiger partial charge in [0.15, 0.2) is 11.6 Å². The molecule has 0 bridgehead atoms. The van der Waals surface area contributed by atoms with Crippen LogP contribution >= 0.6 is 0 Å². The van der Waals surface area contributed by atoms with E-state index in [4.69, 9.17) is 5.73 Å². The zero-order valence-electron chi connectivity index (χ0n) is 14.4. The van der Waals surface area contributed by atoms with Crippen LogP contribution in [0, 0.1) is 12.7 Å². The first-order valence-electron chi connectivity index (χ1n) is 8.09. The lowest BCUT2D eigenvalue weighted by Crippen LogP contribution is -2.39. The minimum absolute atomic E-state index is 0.155. The van der Waals surface area contributed by atoms with Crippen molar-refractivity contribution in [3.8, 4) is 0 Å². The number of benzene rings is 1. The molecule has 0 atom stereocenters. The van der Waals surface area contributed by atoms with Crippen LogP contribution in [0.25, 0.3) is 5.70 Å². The Morgan fingerprint density at radius 1 is 1.38 bits per heavy atom. The van der Waals surface area contributed by atoms with Crippen molar-refractivity contribution in [1.82, 2.24) is 19.7 Å². The number of aromatic nitrogens is 3. The van der Waals surface area contributed by atoms with Crippen molar-refractivity contribution in [1.29, 1.82) is 0 Å². The lowest BCUT2D eigenvalue weighted by Gasteiger charge is -2.28. The van der Waals surface area contributed by atoms with Crippen molar-refractivity contribution in [2.24, 2.45) is 10.7 Å². The van der Waals surface area contributed by atoms with Gasteiger partial charge in [0.1, 0.15) is 5.82 Å². The van der Waals surface area contributed by atoms with Gasteiger partial charge in [-0.3, -0.25) is 9.79 Å². The van der Waals surface area contributed by atoms with E-state index in [1.54, 1.807) is 17.9 Å². The molecule has 0 unspecified atom stereocenters. The van der Waals surface area contributed by atoms with Gasteiger partial charge >= 0.3 is 0 Å². The number of aliphatic imine (C=N–C) groups is 1. The van der Waals surface area contributed by atoms with Crippen molar-refractivity contribution in [3.63, 3.8) is 0 Å². The number of rotatable bonds is 4. The third-order valence-electron chi connectivity index (χ3n) is 4.12. The van der Waals surface area contributed by atoms with Crippen molar-refractivity contribution in [3.05, 3.63) is 65.6 Å². The Hall–Kier alpha value is -3.29. The van der Waals surface area contributed by atoms with Gasteiger partial charge in [0, 0.05) is 24.9 Å². The quantitative estimate of drug-likeness (QED) is 0.849. The van der Waals surface area contributed by atoms with Crippen LogP contribution in [-0.2, 0) is 13.1 Å². The summed E-state index contributed by atoms with van der Waals surface area (Å²) in [4.78, 5) is 18.4. The van der Waals surface area contributed by atoms with Crippen LogP contribution in [0.4, 0.5) is 4.39 Å². The molecule has 1 aliphatic heterocycles. The Labute approximate surface area is 150 Å². The summed E-state index contributed by atoms with van der Waals surface area (Å²) in [6.07, 6.45) is 4.55. The van der Waals surface area contributed by atoms with Gasteiger partial charge < -0.3 is 15.2 Å². The van der Waals surface area contributed by atoms with E-state index in [-0.39, 0.29) is 11.7 Å². The maximum atomic E-state index is 13.3. The van der Waals surface area contributed by atoms with E-state index < -0.39 is 0 Å². The van der Waals surface area contributed by atoms with Crippen molar-refractivity contribution in [2.75, 3.05) is 6.54 Å². The standard InChI is InChI=1S/C18H19FN6O/c1-3-6-21-10-15(20)17-23-22-16-11-24(7-8-25(16)17)18(26)14-5-4-13(19)9-12(14)2/h3-6,9-10H,1,7-8,11,20H2,2H3/b15-10-,21-6?. The highest BCUT2D eigenvalue weighted by Crippen LogP contribution is 2.19. The van der Waals surface area contributed by atoms with Crippen molar-refractivity contribution >= 4 is 17.8 Å². The summed E-state index contributed by atoms with van der Waals surface area (Å²) in [7, 11) is 0. The molecule has 0 saturated carbocycles. The van der Waals surface area contributed by atoms with Crippen LogP contribution < -0.4 is 5.73 Å². The average molecular weight is 354 g/mol. The van der Waals surface area contributed by atoms with E-state index in [1.807, 2.05) is 4.57 Å². The summed E-state index contributed by atoms with van der Waals surface area (Å²) < 4.78 is 15.1. The molecule has 1 aliphatic rings. The molecule has 0 aliphatic carbocycles. The smallest absolute Gasteiger partial charge is 0.254 e. The normalized spacial score (nSPS) is 14.5. The van der Waals surface area contributed by atoms with E-state index in [0.717, 1.165) is 0 Å². The van der Waals surface area contributed by atoms with Gasteiger partial charge in [0.2, 0.25) is 0 Å².